The fraction of sp³-hybridized carbons (Fsp3) is 0.308. The second kappa shape index (κ2) is 5.77. The zero-order valence-corrected chi connectivity index (χ0v) is 10.2. The monoisotopic (exact) mass is 232 g/mol. The molecule has 0 fully saturated rings. The van der Waals surface area contributed by atoms with Gasteiger partial charge in [-0.05, 0) is 18.5 Å². The number of hydrogen-bond acceptors (Lipinski definition) is 3. The van der Waals surface area contributed by atoms with Crippen LogP contribution in [0.4, 0.5) is 0 Å². The van der Waals surface area contributed by atoms with Gasteiger partial charge in [0, 0.05) is 5.38 Å². The molecule has 2 nitrogen and oxygen atoms in total. The molecule has 0 saturated heterocycles. The van der Waals surface area contributed by atoms with Gasteiger partial charge in [0.25, 0.3) is 0 Å². The molecule has 0 amide bonds. The largest absolute Gasteiger partial charge is 0.305 e. The third kappa shape index (κ3) is 2.68. The smallest absolute Gasteiger partial charge is 0.0795 e. The molecule has 1 atom stereocenters. The standard InChI is InChI=1S/C13H16N2S/c1-2-8-14-13(12-9-16-10-15-12)11-6-4-3-5-7-11/h3-7,9-10,13-14H,2,8H2,1H3. The maximum atomic E-state index is 4.40. The van der Waals surface area contributed by atoms with E-state index in [1.54, 1.807) is 11.3 Å². The Hall–Kier alpha value is -1.19. The van der Waals surface area contributed by atoms with Crippen LogP contribution in [0.15, 0.2) is 41.2 Å². The van der Waals surface area contributed by atoms with E-state index < -0.39 is 0 Å². The minimum Gasteiger partial charge on any atom is -0.305 e. The predicted molar refractivity (Wildman–Crippen MR) is 68.7 cm³/mol. The van der Waals surface area contributed by atoms with E-state index >= 15 is 0 Å². The molecule has 1 heterocycles. The van der Waals surface area contributed by atoms with Crippen molar-refractivity contribution < 1.29 is 0 Å². The van der Waals surface area contributed by atoms with Crippen molar-refractivity contribution in [3.05, 3.63) is 52.5 Å². The highest BCUT2D eigenvalue weighted by molar-refractivity contribution is 7.07. The quantitative estimate of drug-likeness (QED) is 0.856. The molecule has 16 heavy (non-hydrogen) atoms. The van der Waals surface area contributed by atoms with Crippen LogP contribution in [-0.4, -0.2) is 11.5 Å². The lowest BCUT2D eigenvalue weighted by atomic mass is 10.0. The fourth-order valence-electron chi connectivity index (χ4n) is 1.69. The van der Waals surface area contributed by atoms with Crippen LogP contribution in [0.1, 0.15) is 30.6 Å². The second-order valence-electron chi connectivity index (χ2n) is 3.71. The molecular weight excluding hydrogens is 216 g/mol. The van der Waals surface area contributed by atoms with Crippen molar-refractivity contribution in [1.29, 1.82) is 0 Å². The van der Waals surface area contributed by atoms with Gasteiger partial charge in [-0.2, -0.15) is 0 Å². The van der Waals surface area contributed by atoms with Crippen molar-refractivity contribution in [2.45, 2.75) is 19.4 Å². The lowest BCUT2D eigenvalue weighted by Gasteiger charge is -2.16. The van der Waals surface area contributed by atoms with Crippen molar-refractivity contribution in [3.63, 3.8) is 0 Å². The zero-order chi connectivity index (χ0) is 11.2. The van der Waals surface area contributed by atoms with Gasteiger partial charge >= 0.3 is 0 Å². The number of rotatable bonds is 5. The van der Waals surface area contributed by atoms with Crippen LogP contribution in [0.2, 0.25) is 0 Å². The van der Waals surface area contributed by atoms with Crippen LogP contribution >= 0.6 is 11.3 Å². The minimum absolute atomic E-state index is 0.229. The first-order chi connectivity index (χ1) is 7.92. The summed E-state index contributed by atoms with van der Waals surface area (Å²) in [6.07, 6.45) is 1.13. The van der Waals surface area contributed by atoms with Crippen molar-refractivity contribution in [2.75, 3.05) is 6.54 Å². The molecule has 0 aliphatic heterocycles. The summed E-state index contributed by atoms with van der Waals surface area (Å²) >= 11 is 1.64. The fourth-order valence-corrected chi connectivity index (χ4v) is 2.27. The van der Waals surface area contributed by atoms with Crippen LogP contribution in [0.5, 0.6) is 0 Å². The summed E-state index contributed by atoms with van der Waals surface area (Å²) in [7, 11) is 0. The van der Waals surface area contributed by atoms with Crippen LogP contribution in [0.25, 0.3) is 0 Å². The van der Waals surface area contributed by atoms with Gasteiger partial charge in [0.2, 0.25) is 0 Å². The molecule has 0 bridgehead atoms. The van der Waals surface area contributed by atoms with Crippen LogP contribution in [0, 0.1) is 0 Å². The molecule has 1 N–H and O–H groups in total. The maximum Gasteiger partial charge on any atom is 0.0795 e. The van der Waals surface area contributed by atoms with Gasteiger partial charge in [0.1, 0.15) is 0 Å². The molecule has 0 aliphatic rings. The van der Waals surface area contributed by atoms with E-state index in [1.165, 1.54) is 5.56 Å². The molecule has 2 aromatic rings. The van der Waals surface area contributed by atoms with Gasteiger partial charge in [-0.1, -0.05) is 37.3 Å². The van der Waals surface area contributed by atoms with Crippen molar-refractivity contribution >= 4 is 11.3 Å². The van der Waals surface area contributed by atoms with E-state index in [1.807, 2.05) is 11.6 Å². The molecule has 84 valence electrons. The molecule has 1 aromatic carbocycles. The van der Waals surface area contributed by atoms with Crippen molar-refractivity contribution in [2.24, 2.45) is 0 Å². The third-order valence-electron chi connectivity index (χ3n) is 2.48. The number of hydrogen-bond donors (Lipinski definition) is 1. The Bertz CT molecular complexity index is 397. The zero-order valence-electron chi connectivity index (χ0n) is 9.39. The Labute approximate surface area is 100 Å². The molecule has 3 heteroatoms. The lowest BCUT2D eigenvalue weighted by Crippen LogP contribution is -2.23. The van der Waals surface area contributed by atoms with E-state index in [4.69, 9.17) is 0 Å². The first-order valence-electron chi connectivity index (χ1n) is 5.58. The molecule has 0 radical (unpaired) electrons. The Balaban J connectivity index is 2.21. The lowest BCUT2D eigenvalue weighted by molar-refractivity contribution is 0.589. The average molecular weight is 232 g/mol. The van der Waals surface area contributed by atoms with Gasteiger partial charge in [0.15, 0.2) is 0 Å². The normalized spacial score (nSPS) is 12.6. The summed E-state index contributed by atoms with van der Waals surface area (Å²) in [5.41, 5.74) is 4.28. The number of aromatic nitrogens is 1. The van der Waals surface area contributed by atoms with Gasteiger partial charge in [0.05, 0.1) is 17.2 Å². The Kier molecular flexibility index (Phi) is 4.08. The Morgan fingerprint density at radius 2 is 2.12 bits per heavy atom. The second-order valence-corrected chi connectivity index (χ2v) is 4.43. The molecule has 0 spiro atoms. The summed E-state index contributed by atoms with van der Waals surface area (Å²) in [5, 5.41) is 5.64. The van der Waals surface area contributed by atoms with Gasteiger partial charge < -0.3 is 5.32 Å². The minimum atomic E-state index is 0.229. The molecule has 1 unspecified atom stereocenters. The first kappa shape index (κ1) is 11.3. The predicted octanol–water partition coefficient (Wildman–Crippen LogP) is 3.23. The summed E-state index contributed by atoms with van der Waals surface area (Å²) in [4.78, 5) is 4.40. The topological polar surface area (TPSA) is 24.9 Å². The van der Waals surface area contributed by atoms with E-state index in [9.17, 15) is 0 Å². The van der Waals surface area contributed by atoms with E-state index in [0.29, 0.717) is 0 Å². The Morgan fingerprint density at radius 1 is 1.31 bits per heavy atom. The molecular formula is C13H16N2S. The summed E-state index contributed by atoms with van der Waals surface area (Å²) in [6, 6.07) is 10.7. The first-order valence-corrected chi connectivity index (χ1v) is 6.52. The van der Waals surface area contributed by atoms with E-state index in [0.717, 1.165) is 18.7 Å². The number of nitrogens with one attached hydrogen (secondary N) is 1. The summed E-state index contributed by atoms with van der Waals surface area (Å²) < 4.78 is 0. The highest BCUT2D eigenvalue weighted by Gasteiger charge is 2.14. The third-order valence-corrected chi connectivity index (χ3v) is 3.08. The number of thiazole rings is 1. The van der Waals surface area contributed by atoms with Gasteiger partial charge in [-0.25, -0.2) is 4.98 Å². The summed E-state index contributed by atoms with van der Waals surface area (Å²) in [5.74, 6) is 0. The van der Waals surface area contributed by atoms with Crippen molar-refractivity contribution in [1.82, 2.24) is 10.3 Å². The highest BCUT2D eigenvalue weighted by Crippen LogP contribution is 2.21. The molecule has 2 rings (SSSR count). The molecule has 1 aromatic heterocycles. The van der Waals surface area contributed by atoms with Crippen molar-refractivity contribution in [3.8, 4) is 0 Å². The SMILES string of the molecule is CCCNC(c1ccccc1)c1cscn1. The molecule has 0 saturated carbocycles. The highest BCUT2D eigenvalue weighted by atomic mass is 32.1. The summed E-state index contributed by atoms with van der Waals surface area (Å²) in [6.45, 7) is 3.19. The van der Waals surface area contributed by atoms with Crippen LogP contribution in [-0.2, 0) is 0 Å². The molecule has 0 aliphatic carbocycles. The van der Waals surface area contributed by atoms with Crippen LogP contribution < -0.4 is 5.32 Å². The average Bonchev–Trinajstić information content (AvgIpc) is 2.85. The number of benzene rings is 1. The van der Waals surface area contributed by atoms with Gasteiger partial charge in [-0.3, -0.25) is 0 Å². The maximum absolute atomic E-state index is 4.40. The number of nitrogens with zero attached hydrogens (tertiary/aromatic N) is 1. The Morgan fingerprint density at radius 3 is 2.75 bits per heavy atom. The van der Waals surface area contributed by atoms with E-state index in [2.05, 4.69) is 46.9 Å². The van der Waals surface area contributed by atoms with Gasteiger partial charge in [-0.15, -0.1) is 11.3 Å². The van der Waals surface area contributed by atoms with Crippen LogP contribution in [0.3, 0.4) is 0 Å². The van der Waals surface area contributed by atoms with E-state index in [-0.39, 0.29) is 6.04 Å².